The van der Waals surface area contributed by atoms with E-state index in [0.29, 0.717) is 18.4 Å². The number of carbonyl (C=O) groups is 3. The summed E-state index contributed by atoms with van der Waals surface area (Å²) in [5.41, 5.74) is 0.699. The average Bonchev–Trinajstić information content (AvgIpc) is 2.51. The maximum absolute atomic E-state index is 10.9. The first kappa shape index (κ1) is 19.6. The van der Waals surface area contributed by atoms with E-state index in [4.69, 9.17) is 10.2 Å². The number of rotatable bonds is 8. The quantitative estimate of drug-likeness (QED) is 0.640. The van der Waals surface area contributed by atoms with Crippen molar-refractivity contribution in [2.45, 2.75) is 38.5 Å². The van der Waals surface area contributed by atoms with E-state index < -0.39 is 11.9 Å². The van der Waals surface area contributed by atoms with Crippen LogP contribution in [-0.2, 0) is 9.59 Å². The summed E-state index contributed by atoms with van der Waals surface area (Å²) in [5.74, 6) is -1.61. The highest BCUT2D eigenvalue weighted by Crippen LogP contribution is 2.04. The van der Waals surface area contributed by atoms with Gasteiger partial charge >= 0.3 is 11.9 Å². The Morgan fingerprint density at radius 3 is 1.68 bits per heavy atom. The minimum Gasteiger partial charge on any atom is -0.481 e. The molecular weight excluding hydrogens is 286 g/mol. The molecule has 1 rings (SSSR count). The van der Waals surface area contributed by atoms with Gasteiger partial charge in [-0.15, -0.1) is 0 Å². The summed E-state index contributed by atoms with van der Waals surface area (Å²) >= 11 is 0. The van der Waals surface area contributed by atoms with Crippen molar-refractivity contribution in [1.82, 2.24) is 5.32 Å². The van der Waals surface area contributed by atoms with Crippen LogP contribution in [0.1, 0.15) is 48.9 Å². The first-order chi connectivity index (χ1) is 10.5. The Hall–Kier alpha value is -2.37. The molecule has 0 aliphatic carbocycles. The lowest BCUT2D eigenvalue weighted by Crippen LogP contribution is -2.17. The standard InChI is InChI=1S/C8H9NO.C8H14O4/c1-9-8(10)7-5-3-2-4-6-7;9-7(10)5-3-1-2-4-6-8(11)12/h2-6H,1H3,(H,9,10);1-6H2,(H,9,10)(H,11,12). The third-order valence-electron chi connectivity index (χ3n) is 2.79. The fourth-order valence-electron chi connectivity index (χ4n) is 1.64. The van der Waals surface area contributed by atoms with Gasteiger partial charge in [-0.1, -0.05) is 31.0 Å². The number of hydrogen-bond acceptors (Lipinski definition) is 3. The van der Waals surface area contributed by atoms with Crippen LogP contribution in [0, 0.1) is 0 Å². The predicted molar refractivity (Wildman–Crippen MR) is 82.8 cm³/mol. The summed E-state index contributed by atoms with van der Waals surface area (Å²) in [4.78, 5) is 31.0. The molecular formula is C16H23NO5. The molecule has 0 heterocycles. The summed E-state index contributed by atoms with van der Waals surface area (Å²) in [7, 11) is 1.62. The van der Waals surface area contributed by atoms with Crippen molar-refractivity contribution >= 4 is 17.8 Å². The van der Waals surface area contributed by atoms with Crippen molar-refractivity contribution in [1.29, 1.82) is 0 Å². The zero-order chi connectivity index (χ0) is 16.8. The number of carboxylic acids is 2. The average molecular weight is 309 g/mol. The number of carbonyl (C=O) groups excluding carboxylic acids is 1. The monoisotopic (exact) mass is 309 g/mol. The summed E-state index contributed by atoms with van der Waals surface area (Å²) in [6, 6.07) is 9.11. The van der Waals surface area contributed by atoms with E-state index in [-0.39, 0.29) is 18.7 Å². The molecule has 22 heavy (non-hydrogen) atoms. The number of benzene rings is 1. The van der Waals surface area contributed by atoms with E-state index in [1.54, 1.807) is 19.2 Å². The number of hydrogen-bond donors (Lipinski definition) is 3. The van der Waals surface area contributed by atoms with Crippen LogP contribution in [-0.4, -0.2) is 35.1 Å². The van der Waals surface area contributed by atoms with Crippen molar-refractivity contribution < 1.29 is 24.6 Å². The molecule has 0 spiro atoms. The molecule has 6 heteroatoms. The normalized spacial score (nSPS) is 9.32. The molecule has 0 aromatic heterocycles. The van der Waals surface area contributed by atoms with Gasteiger partial charge in [0.05, 0.1) is 0 Å². The molecule has 1 aromatic carbocycles. The molecule has 1 aromatic rings. The Balaban J connectivity index is 0.000000406. The van der Waals surface area contributed by atoms with Crippen LogP contribution in [0.3, 0.4) is 0 Å². The summed E-state index contributed by atoms with van der Waals surface area (Å²) < 4.78 is 0. The highest BCUT2D eigenvalue weighted by atomic mass is 16.4. The molecule has 0 atom stereocenters. The van der Waals surface area contributed by atoms with Crippen LogP contribution < -0.4 is 5.32 Å². The fourth-order valence-corrected chi connectivity index (χ4v) is 1.64. The van der Waals surface area contributed by atoms with Gasteiger partial charge in [0.15, 0.2) is 0 Å². The molecule has 0 aliphatic rings. The third kappa shape index (κ3) is 11.5. The Bertz CT molecular complexity index is 441. The third-order valence-corrected chi connectivity index (χ3v) is 2.79. The number of unbranched alkanes of at least 4 members (excludes halogenated alkanes) is 3. The van der Waals surface area contributed by atoms with Gasteiger partial charge in [-0.3, -0.25) is 14.4 Å². The van der Waals surface area contributed by atoms with Crippen molar-refractivity contribution in [2.75, 3.05) is 7.05 Å². The molecule has 0 aliphatic heterocycles. The molecule has 122 valence electrons. The summed E-state index contributed by atoms with van der Waals surface area (Å²) in [5, 5.41) is 19.1. The van der Waals surface area contributed by atoms with Gasteiger partial charge in [-0.2, -0.15) is 0 Å². The van der Waals surface area contributed by atoms with Gasteiger partial charge in [-0.05, 0) is 25.0 Å². The largest absolute Gasteiger partial charge is 0.481 e. The van der Waals surface area contributed by atoms with Crippen molar-refractivity contribution in [3.63, 3.8) is 0 Å². The number of amides is 1. The molecule has 0 bridgehead atoms. The highest BCUT2D eigenvalue weighted by molar-refractivity contribution is 5.93. The van der Waals surface area contributed by atoms with Gasteiger partial charge in [0.1, 0.15) is 0 Å². The van der Waals surface area contributed by atoms with Crippen LogP contribution in [0.2, 0.25) is 0 Å². The summed E-state index contributed by atoms with van der Waals surface area (Å²) in [6.07, 6.45) is 3.28. The smallest absolute Gasteiger partial charge is 0.303 e. The van der Waals surface area contributed by atoms with Crippen LogP contribution in [0.5, 0.6) is 0 Å². The van der Waals surface area contributed by atoms with Crippen LogP contribution in [0.25, 0.3) is 0 Å². The number of nitrogens with one attached hydrogen (secondary N) is 1. The predicted octanol–water partition coefficient (Wildman–Crippen LogP) is 2.54. The molecule has 0 saturated carbocycles. The second-order valence-corrected chi connectivity index (χ2v) is 4.65. The van der Waals surface area contributed by atoms with E-state index in [9.17, 15) is 14.4 Å². The fraction of sp³-hybridized carbons (Fsp3) is 0.438. The van der Waals surface area contributed by atoms with Crippen LogP contribution in [0.15, 0.2) is 30.3 Å². The van der Waals surface area contributed by atoms with Gasteiger partial charge < -0.3 is 15.5 Å². The number of carboxylic acid groups (broad SMARTS) is 2. The second kappa shape index (κ2) is 12.4. The minimum absolute atomic E-state index is 0.0411. The highest BCUT2D eigenvalue weighted by Gasteiger charge is 1.99. The number of aliphatic carboxylic acids is 2. The van der Waals surface area contributed by atoms with E-state index in [2.05, 4.69) is 5.32 Å². The molecule has 0 fully saturated rings. The topological polar surface area (TPSA) is 104 Å². The van der Waals surface area contributed by atoms with E-state index >= 15 is 0 Å². The second-order valence-electron chi connectivity index (χ2n) is 4.65. The zero-order valence-electron chi connectivity index (χ0n) is 12.7. The SMILES string of the molecule is CNC(=O)c1ccccc1.O=C(O)CCCCCCC(=O)O. The van der Waals surface area contributed by atoms with E-state index in [1.165, 1.54) is 0 Å². The molecule has 1 amide bonds. The van der Waals surface area contributed by atoms with Crippen molar-refractivity contribution in [3.8, 4) is 0 Å². The maximum atomic E-state index is 10.9. The van der Waals surface area contributed by atoms with Gasteiger partial charge in [0, 0.05) is 25.5 Å². The Morgan fingerprint density at radius 1 is 0.864 bits per heavy atom. The van der Waals surface area contributed by atoms with Crippen LogP contribution in [0.4, 0.5) is 0 Å². The van der Waals surface area contributed by atoms with Crippen molar-refractivity contribution in [2.24, 2.45) is 0 Å². The van der Waals surface area contributed by atoms with Crippen LogP contribution >= 0.6 is 0 Å². The maximum Gasteiger partial charge on any atom is 0.303 e. The Kier molecular flexibility index (Phi) is 11.0. The minimum atomic E-state index is -0.784. The summed E-state index contributed by atoms with van der Waals surface area (Å²) in [6.45, 7) is 0. The lowest BCUT2D eigenvalue weighted by atomic mass is 10.1. The Labute approximate surface area is 130 Å². The van der Waals surface area contributed by atoms with E-state index in [0.717, 1.165) is 12.8 Å². The molecule has 0 unspecified atom stereocenters. The van der Waals surface area contributed by atoms with Crippen molar-refractivity contribution in [3.05, 3.63) is 35.9 Å². The van der Waals surface area contributed by atoms with E-state index in [1.807, 2.05) is 18.2 Å². The molecule has 3 N–H and O–H groups in total. The molecule has 6 nitrogen and oxygen atoms in total. The zero-order valence-corrected chi connectivity index (χ0v) is 12.7. The Morgan fingerprint density at radius 2 is 1.32 bits per heavy atom. The first-order valence-electron chi connectivity index (χ1n) is 7.18. The molecule has 0 radical (unpaired) electrons. The lowest BCUT2D eigenvalue weighted by molar-refractivity contribution is -0.138. The molecule has 0 saturated heterocycles. The van der Waals surface area contributed by atoms with Gasteiger partial charge in [0.2, 0.25) is 0 Å². The first-order valence-corrected chi connectivity index (χ1v) is 7.18. The van der Waals surface area contributed by atoms with Gasteiger partial charge in [0.25, 0.3) is 5.91 Å². The lowest BCUT2D eigenvalue weighted by Gasteiger charge is -1.96. The van der Waals surface area contributed by atoms with Gasteiger partial charge in [-0.25, -0.2) is 0 Å².